The summed E-state index contributed by atoms with van der Waals surface area (Å²) < 4.78 is 0. The molecule has 0 aromatic carbocycles. The molecule has 0 unspecified atom stereocenters. The third kappa shape index (κ3) is 5.41. The van der Waals surface area contributed by atoms with E-state index in [0.717, 1.165) is 12.1 Å². The van der Waals surface area contributed by atoms with Crippen LogP contribution in [-0.4, -0.2) is 6.21 Å². The average molecular weight is 97.2 g/mol. The number of rotatable bonds is 2. The summed E-state index contributed by atoms with van der Waals surface area (Å²) in [5.41, 5.74) is 0.877. The molecule has 0 amide bonds. The van der Waals surface area contributed by atoms with Crippen LogP contribution in [0.5, 0.6) is 0 Å². The molecule has 0 heterocycles. The Balaban J connectivity index is 3.26. The summed E-state index contributed by atoms with van der Waals surface area (Å²) in [4.78, 5) is 3.92. The fourth-order valence-corrected chi connectivity index (χ4v) is 0.247. The van der Waals surface area contributed by atoms with Gasteiger partial charge in [0.15, 0.2) is 0 Å². The molecule has 0 fully saturated rings. The summed E-state index contributed by atoms with van der Waals surface area (Å²) >= 11 is 0. The highest BCUT2D eigenvalue weighted by molar-refractivity contribution is 5.57. The molecule has 40 valence electrons. The maximum Gasteiger partial charge on any atom is 0.0297 e. The second-order valence-corrected chi connectivity index (χ2v) is 1.46. The minimum Gasteiger partial charge on any atom is -0.267 e. The van der Waals surface area contributed by atoms with Crippen molar-refractivity contribution >= 4 is 6.21 Å². The van der Waals surface area contributed by atoms with Crippen molar-refractivity contribution in [3.63, 3.8) is 0 Å². The Hall–Kier alpha value is -0.590. The van der Waals surface area contributed by atoms with Gasteiger partial charge in [0.25, 0.3) is 0 Å². The third-order valence-electron chi connectivity index (χ3n) is 0.494. The van der Waals surface area contributed by atoms with Crippen LogP contribution in [0, 0.1) is 0 Å². The smallest absolute Gasteiger partial charge is 0.0297 e. The Morgan fingerprint density at radius 3 is 2.57 bits per heavy atom. The third-order valence-corrected chi connectivity index (χ3v) is 0.494. The van der Waals surface area contributed by atoms with E-state index in [0.29, 0.717) is 0 Å². The van der Waals surface area contributed by atoms with E-state index in [4.69, 9.17) is 0 Å². The Bertz CT molecular complexity index is 82.2. The molecular formula is C6H11N. The summed E-state index contributed by atoms with van der Waals surface area (Å²) in [6, 6.07) is 0. The molecule has 1 heteroatoms. The van der Waals surface area contributed by atoms with Crippen LogP contribution in [0.3, 0.4) is 0 Å². The van der Waals surface area contributed by atoms with Crippen LogP contribution in [0.25, 0.3) is 0 Å². The lowest BCUT2D eigenvalue weighted by molar-refractivity contribution is 1.26. The normalized spacial score (nSPS) is 10.0. The molecule has 0 aliphatic carbocycles. The predicted octanol–water partition coefficient (Wildman–Crippen LogP) is 2.00. The first-order chi connectivity index (χ1) is 3.27. The largest absolute Gasteiger partial charge is 0.267 e. The van der Waals surface area contributed by atoms with Crippen LogP contribution in [-0.2, 0) is 0 Å². The van der Waals surface area contributed by atoms with Crippen LogP contribution in [0.15, 0.2) is 17.3 Å². The maximum atomic E-state index is 3.92. The van der Waals surface area contributed by atoms with Crippen molar-refractivity contribution < 1.29 is 0 Å². The topological polar surface area (TPSA) is 12.4 Å². The predicted molar refractivity (Wildman–Crippen MR) is 33.6 cm³/mol. The molecule has 0 aliphatic rings. The van der Waals surface area contributed by atoms with Gasteiger partial charge in [0, 0.05) is 11.9 Å². The number of hydrogen-bond donors (Lipinski definition) is 0. The molecule has 0 saturated carbocycles. The van der Waals surface area contributed by atoms with Crippen molar-refractivity contribution in [2.45, 2.75) is 20.3 Å². The first-order valence-electron chi connectivity index (χ1n) is 2.45. The van der Waals surface area contributed by atoms with E-state index in [2.05, 4.69) is 11.6 Å². The van der Waals surface area contributed by atoms with Crippen molar-refractivity contribution in [3.8, 4) is 0 Å². The molecule has 0 spiro atoms. The van der Waals surface area contributed by atoms with Gasteiger partial charge in [-0.25, -0.2) is 0 Å². The van der Waals surface area contributed by atoms with Gasteiger partial charge in [-0.15, -0.1) is 0 Å². The Morgan fingerprint density at radius 1 is 1.86 bits per heavy atom. The van der Waals surface area contributed by atoms with Gasteiger partial charge in [-0.3, -0.25) is 4.99 Å². The Labute approximate surface area is 44.8 Å². The van der Waals surface area contributed by atoms with Gasteiger partial charge in [0.1, 0.15) is 0 Å². The van der Waals surface area contributed by atoms with Crippen molar-refractivity contribution in [1.82, 2.24) is 0 Å². The van der Waals surface area contributed by atoms with E-state index >= 15 is 0 Å². The number of aliphatic imine (C=N–C) groups is 1. The molecular weight excluding hydrogens is 86.1 g/mol. The molecule has 1 nitrogen and oxygen atoms in total. The highest BCUT2D eigenvalue weighted by atomic mass is 14.7. The Kier molecular flexibility index (Phi) is 3.29. The molecule has 0 bridgehead atoms. The van der Waals surface area contributed by atoms with Gasteiger partial charge in [0.2, 0.25) is 0 Å². The van der Waals surface area contributed by atoms with Gasteiger partial charge in [0.05, 0.1) is 0 Å². The lowest BCUT2D eigenvalue weighted by atomic mass is 10.5. The minimum absolute atomic E-state index is 0.877. The maximum absolute atomic E-state index is 3.92. The van der Waals surface area contributed by atoms with Crippen molar-refractivity contribution in [1.29, 1.82) is 0 Å². The zero-order valence-corrected chi connectivity index (χ0v) is 4.94. The van der Waals surface area contributed by atoms with Gasteiger partial charge in [-0.05, 0) is 13.3 Å². The van der Waals surface area contributed by atoms with Crippen LogP contribution in [0.2, 0.25) is 0 Å². The molecule has 0 rings (SSSR count). The summed E-state index contributed by atoms with van der Waals surface area (Å²) in [6.45, 7) is 7.52. The quantitative estimate of drug-likeness (QED) is 0.467. The average Bonchev–Trinajstić information content (AvgIpc) is 1.61. The fourth-order valence-electron chi connectivity index (χ4n) is 0.247. The first-order valence-corrected chi connectivity index (χ1v) is 2.45. The van der Waals surface area contributed by atoms with Crippen LogP contribution >= 0.6 is 0 Å². The van der Waals surface area contributed by atoms with Crippen LogP contribution < -0.4 is 0 Å². The fraction of sp³-hybridized carbons (Fsp3) is 0.500. The second-order valence-electron chi connectivity index (χ2n) is 1.46. The molecule has 0 aromatic rings. The Morgan fingerprint density at radius 2 is 2.43 bits per heavy atom. The molecule has 7 heavy (non-hydrogen) atoms. The molecule has 0 radical (unpaired) electrons. The van der Waals surface area contributed by atoms with Gasteiger partial charge in [-0.1, -0.05) is 13.5 Å². The highest BCUT2D eigenvalue weighted by Gasteiger charge is 1.68. The van der Waals surface area contributed by atoms with Crippen molar-refractivity contribution in [2.24, 2.45) is 4.99 Å². The lowest BCUT2D eigenvalue weighted by Crippen LogP contribution is -1.67. The zero-order chi connectivity index (χ0) is 5.70. The van der Waals surface area contributed by atoms with Gasteiger partial charge in [-0.2, -0.15) is 0 Å². The molecule has 0 aromatic heterocycles. The second kappa shape index (κ2) is 3.59. The zero-order valence-electron chi connectivity index (χ0n) is 4.94. The van der Waals surface area contributed by atoms with Gasteiger partial charge >= 0.3 is 0 Å². The standard InChI is InChI=1S/C6H11N/c1-4-5-7-6(2)3/h5H,2,4H2,1,3H3. The SMILES string of the molecule is C=C(C)N=CCC. The number of nitrogens with zero attached hydrogens (tertiary/aromatic N) is 1. The van der Waals surface area contributed by atoms with E-state index in [1.807, 2.05) is 20.1 Å². The van der Waals surface area contributed by atoms with E-state index in [1.54, 1.807) is 0 Å². The summed E-state index contributed by atoms with van der Waals surface area (Å²) in [7, 11) is 0. The van der Waals surface area contributed by atoms with E-state index in [9.17, 15) is 0 Å². The molecule has 0 aliphatic heterocycles. The number of hydrogen-bond acceptors (Lipinski definition) is 1. The van der Waals surface area contributed by atoms with Crippen LogP contribution in [0.1, 0.15) is 20.3 Å². The van der Waals surface area contributed by atoms with E-state index in [-0.39, 0.29) is 0 Å². The monoisotopic (exact) mass is 97.1 g/mol. The van der Waals surface area contributed by atoms with Crippen LogP contribution in [0.4, 0.5) is 0 Å². The lowest BCUT2D eigenvalue weighted by Gasteiger charge is -1.80. The molecule has 0 saturated heterocycles. The molecule has 0 atom stereocenters. The van der Waals surface area contributed by atoms with E-state index < -0.39 is 0 Å². The number of allylic oxidation sites excluding steroid dienone is 1. The van der Waals surface area contributed by atoms with Crippen molar-refractivity contribution in [3.05, 3.63) is 12.3 Å². The van der Waals surface area contributed by atoms with Gasteiger partial charge < -0.3 is 0 Å². The first kappa shape index (κ1) is 6.41. The minimum atomic E-state index is 0.877. The molecule has 0 N–H and O–H groups in total. The van der Waals surface area contributed by atoms with E-state index in [1.165, 1.54) is 0 Å². The summed E-state index contributed by atoms with van der Waals surface area (Å²) in [5, 5.41) is 0. The summed E-state index contributed by atoms with van der Waals surface area (Å²) in [5.74, 6) is 0. The van der Waals surface area contributed by atoms with Crippen molar-refractivity contribution in [2.75, 3.05) is 0 Å². The highest BCUT2D eigenvalue weighted by Crippen LogP contribution is 1.84. The summed E-state index contributed by atoms with van der Waals surface area (Å²) in [6.07, 6.45) is 2.84.